The highest BCUT2D eigenvalue weighted by Crippen LogP contribution is 2.33. The standard InChI is InChI=1S/C25H33N3O3S/c1-17(2)12-28(13-19(29)16-31-15-18-8-4-3-5-9-18)14-22-26-24(30)23-20-10-6-7-11-21(20)32-25(23)27-22/h3-5,8-9,17,19,29H,6-7,10-16H2,1-2H3,(H,26,27,30)/t19-/m0/s1. The van der Waals surface area contributed by atoms with Gasteiger partial charge in [-0.3, -0.25) is 9.69 Å². The van der Waals surface area contributed by atoms with E-state index in [1.54, 1.807) is 11.3 Å². The molecule has 0 spiro atoms. The Hall–Kier alpha value is -2.06. The number of H-pyrrole nitrogens is 1. The van der Waals surface area contributed by atoms with Crippen molar-refractivity contribution >= 4 is 21.6 Å². The summed E-state index contributed by atoms with van der Waals surface area (Å²) in [5.74, 6) is 1.09. The molecule has 0 amide bonds. The SMILES string of the molecule is CC(C)CN(Cc1nc2sc3c(c2c(=O)[nH]1)CCCC3)C[C@H](O)COCc1ccccc1. The summed E-state index contributed by atoms with van der Waals surface area (Å²) in [5.41, 5.74) is 2.27. The van der Waals surface area contributed by atoms with Crippen molar-refractivity contribution in [2.45, 2.75) is 58.8 Å². The fourth-order valence-corrected chi connectivity index (χ4v) is 5.73. The Morgan fingerprint density at radius 2 is 1.97 bits per heavy atom. The molecule has 4 rings (SSSR count). The van der Waals surface area contributed by atoms with Crippen molar-refractivity contribution in [1.82, 2.24) is 14.9 Å². The third-order valence-electron chi connectivity index (χ3n) is 5.76. The molecule has 6 nitrogen and oxygen atoms in total. The van der Waals surface area contributed by atoms with Crippen molar-refractivity contribution in [1.29, 1.82) is 0 Å². The van der Waals surface area contributed by atoms with Crippen LogP contribution in [0.5, 0.6) is 0 Å². The second-order valence-electron chi connectivity index (χ2n) is 9.15. The Morgan fingerprint density at radius 1 is 1.19 bits per heavy atom. The second kappa shape index (κ2) is 10.7. The maximum Gasteiger partial charge on any atom is 0.259 e. The maximum atomic E-state index is 12.9. The van der Waals surface area contributed by atoms with E-state index in [0.29, 0.717) is 31.4 Å². The Balaban J connectivity index is 1.41. The summed E-state index contributed by atoms with van der Waals surface area (Å²) in [6, 6.07) is 9.96. The van der Waals surface area contributed by atoms with Crippen molar-refractivity contribution in [3.05, 3.63) is 62.5 Å². The predicted molar refractivity (Wildman–Crippen MR) is 129 cm³/mol. The zero-order valence-corrected chi connectivity index (χ0v) is 19.8. The summed E-state index contributed by atoms with van der Waals surface area (Å²) in [6.45, 7) is 6.83. The molecule has 3 aromatic rings. The van der Waals surface area contributed by atoms with E-state index < -0.39 is 6.10 Å². The lowest BCUT2D eigenvalue weighted by atomic mass is 9.97. The van der Waals surface area contributed by atoms with Crippen LogP contribution in [0, 0.1) is 5.92 Å². The van der Waals surface area contributed by atoms with Gasteiger partial charge >= 0.3 is 0 Å². The molecule has 0 fully saturated rings. The topological polar surface area (TPSA) is 78.5 Å². The van der Waals surface area contributed by atoms with Crippen LogP contribution in [0.4, 0.5) is 0 Å². The number of thiophene rings is 1. The van der Waals surface area contributed by atoms with Crippen molar-refractivity contribution in [3.8, 4) is 0 Å². The van der Waals surface area contributed by atoms with E-state index in [4.69, 9.17) is 9.72 Å². The molecule has 172 valence electrons. The zero-order valence-electron chi connectivity index (χ0n) is 19.0. The van der Waals surface area contributed by atoms with Gasteiger partial charge in [0.2, 0.25) is 0 Å². The van der Waals surface area contributed by atoms with Crippen LogP contribution in [0.25, 0.3) is 10.2 Å². The molecule has 7 heteroatoms. The minimum absolute atomic E-state index is 0.0272. The summed E-state index contributed by atoms with van der Waals surface area (Å²) >= 11 is 1.67. The van der Waals surface area contributed by atoms with Gasteiger partial charge in [-0.2, -0.15) is 0 Å². The van der Waals surface area contributed by atoms with E-state index in [9.17, 15) is 9.90 Å². The first-order valence-corrected chi connectivity index (χ1v) is 12.4. The van der Waals surface area contributed by atoms with Gasteiger partial charge < -0.3 is 14.8 Å². The number of hydrogen-bond donors (Lipinski definition) is 2. The highest BCUT2D eigenvalue weighted by atomic mass is 32.1. The Kier molecular flexibility index (Phi) is 7.73. The minimum atomic E-state index is -0.609. The third-order valence-corrected chi connectivity index (χ3v) is 6.95. The number of aliphatic hydroxyl groups is 1. The first-order valence-electron chi connectivity index (χ1n) is 11.5. The van der Waals surface area contributed by atoms with Crippen molar-refractivity contribution < 1.29 is 9.84 Å². The fourth-order valence-electron chi connectivity index (χ4n) is 4.45. The van der Waals surface area contributed by atoms with Gasteiger partial charge in [-0.15, -0.1) is 11.3 Å². The summed E-state index contributed by atoms with van der Waals surface area (Å²) in [7, 11) is 0. The van der Waals surface area contributed by atoms with Crippen LogP contribution in [-0.2, 0) is 30.7 Å². The molecular formula is C25H33N3O3S. The molecule has 0 saturated carbocycles. The first-order chi connectivity index (χ1) is 15.5. The molecule has 2 N–H and O–H groups in total. The molecule has 1 aromatic carbocycles. The largest absolute Gasteiger partial charge is 0.389 e. The van der Waals surface area contributed by atoms with Crippen LogP contribution in [0.1, 0.15) is 48.5 Å². The summed E-state index contributed by atoms with van der Waals surface area (Å²) < 4.78 is 5.71. The van der Waals surface area contributed by atoms with Gasteiger partial charge in [-0.25, -0.2) is 4.98 Å². The van der Waals surface area contributed by atoms with Crippen LogP contribution >= 0.6 is 11.3 Å². The molecule has 0 unspecified atom stereocenters. The lowest BCUT2D eigenvalue weighted by Crippen LogP contribution is -2.37. The van der Waals surface area contributed by atoms with Gasteiger partial charge in [0.1, 0.15) is 10.7 Å². The highest BCUT2D eigenvalue weighted by molar-refractivity contribution is 7.18. The highest BCUT2D eigenvalue weighted by Gasteiger charge is 2.21. The van der Waals surface area contributed by atoms with E-state index in [0.717, 1.165) is 41.6 Å². The van der Waals surface area contributed by atoms with Gasteiger partial charge in [0.05, 0.1) is 31.2 Å². The lowest BCUT2D eigenvalue weighted by molar-refractivity contribution is 0.00639. The normalized spacial score (nSPS) is 14.9. The van der Waals surface area contributed by atoms with Crippen molar-refractivity contribution in [2.24, 2.45) is 5.92 Å². The van der Waals surface area contributed by atoms with Crippen LogP contribution < -0.4 is 5.56 Å². The van der Waals surface area contributed by atoms with E-state index in [1.807, 2.05) is 30.3 Å². The number of aliphatic hydroxyl groups excluding tert-OH is 1. The molecule has 0 bridgehead atoms. The molecule has 0 saturated heterocycles. The fraction of sp³-hybridized carbons (Fsp3) is 0.520. The molecule has 2 aromatic heterocycles. The molecule has 2 heterocycles. The Morgan fingerprint density at radius 3 is 2.75 bits per heavy atom. The third kappa shape index (κ3) is 5.84. The van der Waals surface area contributed by atoms with Crippen LogP contribution in [0.3, 0.4) is 0 Å². The predicted octanol–water partition coefficient (Wildman–Crippen LogP) is 3.90. The molecule has 1 atom stereocenters. The number of benzene rings is 1. The summed E-state index contributed by atoms with van der Waals surface area (Å²) in [4.78, 5) is 25.0. The average Bonchev–Trinajstić information content (AvgIpc) is 3.12. The molecule has 0 aliphatic heterocycles. The van der Waals surface area contributed by atoms with E-state index in [1.165, 1.54) is 16.9 Å². The number of fused-ring (bicyclic) bond motifs is 3. The Labute approximate surface area is 193 Å². The number of aromatic amines is 1. The summed E-state index contributed by atoms with van der Waals surface area (Å²) in [5, 5.41) is 11.4. The van der Waals surface area contributed by atoms with Crippen LogP contribution in [0.15, 0.2) is 35.1 Å². The maximum absolute atomic E-state index is 12.9. The van der Waals surface area contributed by atoms with Gasteiger partial charge in [0, 0.05) is 18.0 Å². The number of ether oxygens (including phenoxy) is 1. The van der Waals surface area contributed by atoms with Gasteiger partial charge in [0.15, 0.2) is 0 Å². The number of aromatic nitrogens is 2. The lowest BCUT2D eigenvalue weighted by Gasteiger charge is -2.26. The van der Waals surface area contributed by atoms with E-state index in [2.05, 4.69) is 23.7 Å². The smallest absolute Gasteiger partial charge is 0.259 e. The average molecular weight is 456 g/mol. The van der Waals surface area contributed by atoms with Crippen LogP contribution in [0.2, 0.25) is 0 Å². The number of nitrogens with zero attached hydrogens (tertiary/aromatic N) is 2. The Bertz CT molecular complexity index is 1080. The van der Waals surface area contributed by atoms with E-state index in [-0.39, 0.29) is 12.2 Å². The second-order valence-corrected chi connectivity index (χ2v) is 10.2. The summed E-state index contributed by atoms with van der Waals surface area (Å²) in [6.07, 6.45) is 3.76. The van der Waals surface area contributed by atoms with Crippen molar-refractivity contribution in [2.75, 3.05) is 19.7 Å². The molecule has 1 aliphatic rings. The number of aryl methyl sites for hydroxylation is 2. The van der Waals surface area contributed by atoms with E-state index >= 15 is 0 Å². The van der Waals surface area contributed by atoms with Gasteiger partial charge in [-0.05, 0) is 42.7 Å². The van der Waals surface area contributed by atoms with Crippen LogP contribution in [-0.4, -0.2) is 45.8 Å². The van der Waals surface area contributed by atoms with Gasteiger partial charge in [0.25, 0.3) is 5.56 Å². The molecule has 1 aliphatic carbocycles. The minimum Gasteiger partial charge on any atom is -0.389 e. The first kappa shape index (κ1) is 23.1. The molecule has 0 radical (unpaired) electrons. The monoisotopic (exact) mass is 455 g/mol. The zero-order chi connectivity index (χ0) is 22.5. The van der Waals surface area contributed by atoms with Gasteiger partial charge in [-0.1, -0.05) is 44.2 Å². The number of nitrogens with one attached hydrogen (secondary N) is 1. The van der Waals surface area contributed by atoms with Crippen molar-refractivity contribution in [3.63, 3.8) is 0 Å². The number of hydrogen-bond acceptors (Lipinski definition) is 6. The molecular weight excluding hydrogens is 422 g/mol. The quantitative estimate of drug-likeness (QED) is 0.485. The number of rotatable bonds is 10. The molecule has 32 heavy (non-hydrogen) atoms.